The van der Waals surface area contributed by atoms with Gasteiger partial charge in [0.15, 0.2) is 0 Å². The van der Waals surface area contributed by atoms with Crippen LogP contribution in [0.15, 0.2) is 11.6 Å². The summed E-state index contributed by atoms with van der Waals surface area (Å²) in [6, 6.07) is 0.142. The van der Waals surface area contributed by atoms with Crippen LogP contribution in [0.1, 0.15) is 13.8 Å². The van der Waals surface area contributed by atoms with E-state index in [0.29, 0.717) is 5.92 Å². The van der Waals surface area contributed by atoms with Crippen LogP contribution in [-0.2, 0) is 0 Å². The lowest BCUT2D eigenvalue weighted by Crippen LogP contribution is -2.32. The Morgan fingerprint density at radius 1 is 1.64 bits per heavy atom. The van der Waals surface area contributed by atoms with E-state index in [2.05, 4.69) is 25.1 Å². The maximum Gasteiger partial charge on any atom is 0.0712 e. The Labute approximate surface area is 73.8 Å². The van der Waals surface area contributed by atoms with Crippen molar-refractivity contribution in [1.29, 1.82) is 0 Å². The summed E-state index contributed by atoms with van der Waals surface area (Å²) in [5, 5.41) is 3.16. The van der Waals surface area contributed by atoms with E-state index in [0.717, 1.165) is 6.54 Å². The molecule has 0 aromatic heterocycles. The van der Waals surface area contributed by atoms with Gasteiger partial charge >= 0.3 is 0 Å². The lowest BCUT2D eigenvalue weighted by Gasteiger charge is -2.14. The molecule has 1 atom stereocenters. The molecule has 2 heteroatoms. The molecule has 1 unspecified atom stereocenters. The first kappa shape index (κ1) is 10.6. The summed E-state index contributed by atoms with van der Waals surface area (Å²) >= 11 is 5.34. The van der Waals surface area contributed by atoms with Crippen LogP contribution < -0.4 is 5.32 Å². The van der Waals surface area contributed by atoms with Crippen molar-refractivity contribution in [2.45, 2.75) is 19.9 Å². The van der Waals surface area contributed by atoms with Crippen molar-refractivity contribution in [1.82, 2.24) is 5.32 Å². The minimum Gasteiger partial charge on any atom is -0.300 e. The molecule has 0 aliphatic rings. The monoisotopic (exact) mass is 171 g/mol. The molecule has 0 spiro atoms. The second-order valence-electron chi connectivity index (χ2n) is 2.66. The van der Waals surface area contributed by atoms with Gasteiger partial charge in [-0.3, -0.25) is 5.32 Å². The Balaban J connectivity index is 3.63. The molecular weight excluding hydrogens is 158 g/mol. The fraction of sp³-hybridized carbons (Fsp3) is 0.556. The van der Waals surface area contributed by atoms with E-state index >= 15 is 0 Å². The molecular formula is C9H14ClN. The summed E-state index contributed by atoms with van der Waals surface area (Å²) in [6.07, 6.45) is 7.11. The van der Waals surface area contributed by atoms with Crippen molar-refractivity contribution in [3.8, 4) is 12.3 Å². The van der Waals surface area contributed by atoms with E-state index < -0.39 is 0 Å². The molecule has 1 N–H and O–H groups in total. The van der Waals surface area contributed by atoms with Gasteiger partial charge in [0.25, 0.3) is 0 Å². The normalized spacial score (nSPS) is 13.7. The summed E-state index contributed by atoms with van der Waals surface area (Å²) in [5.41, 5.74) is 1.49. The number of hydrogen-bond donors (Lipinski definition) is 1. The van der Waals surface area contributed by atoms with Crippen LogP contribution in [0.2, 0.25) is 0 Å². The first-order valence-electron chi connectivity index (χ1n) is 3.67. The third-order valence-corrected chi connectivity index (χ3v) is 1.57. The van der Waals surface area contributed by atoms with Crippen LogP contribution in [0.25, 0.3) is 0 Å². The zero-order valence-electron chi connectivity index (χ0n) is 6.97. The summed E-state index contributed by atoms with van der Waals surface area (Å²) in [7, 11) is 0. The van der Waals surface area contributed by atoms with Gasteiger partial charge in [-0.1, -0.05) is 37.4 Å². The Morgan fingerprint density at radius 3 is 2.64 bits per heavy atom. The van der Waals surface area contributed by atoms with Crippen LogP contribution in [0.5, 0.6) is 0 Å². The van der Waals surface area contributed by atoms with Crippen molar-refractivity contribution < 1.29 is 0 Å². The highest BCUT2D eigenvalue weighted by Gasteiger charge is 2.06. The van der Waals surface area contributed by atoms with Gasteiger partial charge in [0, 0.05) is 12.1 Å². The lowest BCUT2D eigenvalue weighted by molar-refractivity contribution is 0.497. The molecule has 0 amide bonds. The number of hydrogen-bond acceptors (Lipinski definition) is 1. The summed E-state index contributed by atoms with van der Waals surface area (Å²) in [6.45, 7) is 4.90. The number of nitrogens with one attached hydrogen (secondary N) is 1. The van der Waals surface area contributed by atoms with Gasteiger partial charge in [-0.25, -0.2) is 0 Å². The number of rotatable bonds is 4. The maximum atomic E-state index is 5.34. The quantitative estimate of drug-likeness (QED) is 0.638. The topological polar surface area (TPSA) is 12.0 Å². The molecule has 0 bridgehead atoms. The SMILES string of the molecule is C#CC(NC/C=C/Cl)C(C)C. The van der Waals surface area contributed by atoms with E-state index in [4.69, 9.17) is 18.0 Å². The molecule has 62 valence electrons. The molecule has 0 aromatic rings. The summed E-state index contributed by atoms with van der Waals surface area (Å²) in [5.74, 6) is 3.13. The molecule has 0 saturated heterocycles. The highest BCUT2D eigenvalue weighted by atomic mass is 35.5. The smallest absolute Gasteiger partial charge is 0.0712 e. The Bertz CT molecular complexity index is 155. The van der Waals surface area contributed by atoms with Crippen molar-refractivity contribution in [2.24, 2.45) is 5.92 Å². The van der Waals surface area contributed by atoms with Gasteiger partial charge in [0.1, 0.15) is 0 Å². The third-order valence-electron chi connectivity index (χ3n) is 1.39. The van der Waals surface area contributed by atoms with Gasteiger partial charge in [-0.2, -0.15) is 0 Å². The molecule has 1 nitrogen and oxygen atoms in total. The maximum absolute atomic E-state index is 5.34. The first-order valence-corrected chi connectivity index (χ1v) is 4.10. The van der Waals surface area contributed by atoms with Gasteiger partial charge in [-0.05, 0) is 5.92 Å². The van der Waals surface area contributed by atoms with Crippen molar-refractivity contribution in [2.75, 3.05) is 6.54 Å². The summed E-state index contributed by atoms with van der Waals surface area (Å²) in [4.78, 5) is 0. The Hall–Kier alpha value is -0.450. The predicted octanol–water partition coefficient (Wildman–Crippen LogP) is 1.99. The van der Waals surface area contributed by atoms with Crippen molar-refractivity contribution in [3.05, 3.63) is 11.6 Å². The highest BCUT2D eigenvalue weighted by molar-refractivity contribution is 6.25. The predicted molar refractivity (Wildman–Crippen MR) is 50.5 cm³/mol. The largest absolute Gasteiger partial charge is 0.300 e. The Kier molecular flexibility index (Phi) is 6.02. The Morgan fingerprint density at radius 2 is 2.27 bits per heavy atom. The van der Waals surface area contributed by atoms with E-state index in [1.54, 1.807) is 0 Å². The van der Waals surface area contributed by atoms with Crippen LogP contribution in [0, 0.1) is 18.3 Å². The fourth-order valence-electron chi connectivity index (χ4n) is 0.727. The van der Waals surface area contributed by atoms with Gasteiger partial charge in [-0.15, -0.1) is 6.42 Å². The minimum absolute atomic E-state index is 0.142. The number of halogens is 1. The molecule has 0 aliphatic carbocycles. The fourth-order valence-corrected chi connectivity index (χ4v) is 0.816. The number of terminal acetylenes is 1. The molecule has 11 heavy (non-hydrogen) atoms. The van der Waals surface area contributed by atoms with Crippen molar-refractivity contribution in [3.63, 3.8) is 0 Å². The summed E-state index contributed by atoms with van der Waals surface area (Å²) < 4.78 is 0. The van der Waals surface area contributed by atoms with Gasteiger partial charge in [0.2, 0.25) is 0 Å². The molecule has 0 saturated carbocycles. The average Bonchev–Trinajstić information content (AvgIpc) is 1.97. The standard InChI is InChI=1S/C9H14ClN/c1-4-9(8(2)3)11-7-5-6-10/h1,5-6,8-9,11H,7H2,2-3H3/b6-5+. The molecule has 0 radical (unpaired) electrons. The molecule has 0 fully saturated rings. The van der Waals surface area contributed by atoms with E-state index in [1.165, 1.54) is 5.54 Å². The zero-order valence-corrected chi connectivity index (χ0v) is 7.73. The second kappa shape index (κ2) is 6.27. The van der Waals surface area contributed by atoms with Crippen LogP contribution >= 0.6 is 11.6 Å². The lowest BCUT2D eigenvalue weighted by atomic mass is 10.1. The van der Waals surface area contributed by atoms with Gasteiger partial charge < -0.3 is 0 Å². The molecule has 0 rings (SSSR count). The molecule has 0 aliphatic heterocycles. The third kappa shape index (κ3) is 4.89. The molecule has 0 heterocycles. The van der Waals surface area contributed by atoms with Crippen LogP contribution in [0.4, 0.5) is 0 Å². The van der Waals surface area contributed by atoms with E-state index in [1.807, 2.05) is 6.08 Å². The average molecular weight is 172 g/mol. The minimum atomic E-state index is 0.142. The molecule has 0 aromatic carbocycles. The highest BCUT2D eigenvalue weighted by Crippen LogP contribution is 1.98. The van der Waals surface area contributed by atoms with Gasteiger partial charge in [0.05, 0.1) is 6.04 Å². The zero-order chi connectivity index (χ0) is 8.69. The van der Waals surface area contributed by atoms with Crippen molar-refractivity contribution >= 4 is 11.6 Å². The van der Waals surface area contributed by atoms with E-state index in [-0.39, 0.29) is 6.04 Å². The first-order chi connectivity index (χ1) is 5.22. The van der Waals surface area contributed by atoms with Crippen LogP contribution in [-0.4, -0.2) is 12.6 Å². The van der Waals surface area contributed by atoms with E-state index in [9.17, 15) is 0 Å². The second-order valence-corrected chi connectivity index (χ2v) is 2.91. The van der Waals surface area contributed by atoms with Crippen LogP contribution in [0.3, 0.4) is 0 Å².